The second-order valence-electron chi connectivity index (χ2n) is 6.01. The minimum absolute atomic E-state index is 0.185. The molecular formula is C20H18FN3O2. The highest BCUT2D eigenvalue weighted by molar-refractivity contribution is 5.91. The monoisotopic (exact) mass is 351 g/mol. The Bertz CT molecular complexity index is 999. The number of hydrogen-bond acceptors (Lipinski definition) is 3. The largest absolute Gasteiger partial charge is 0.336 e. The van der Waals surface area contributed by atoms with Gasteiger partial charge in [-0.25, -0.2) is 9.07 Å². The van der Waals surface area contributed by atoms with Gasteiger partial charge in [-0.05, 0) is 24.6 Å². The first-order valence-corrected chi connectivity index (χ1v) is 8.12. The Kier molecular flexibility index (Phi) is 4.93. The van der Waals surface area contributed by atoms with Crippen LogP contribution in [-0.2, 0) is 6.54 Å². The topological polar surface area (TPSA) is 55.2 Å². The predicted molar refractivity (Wildman–Crippen MR) is 96.8 cm³/mol. The van der Waals surface area contributed by atoms with Gasteiger partial charge in [-0.3, -0.25) is 9.59 Å². The van der Waals surface area contributed by atoms with E-state index in [0.29, 0.717) is 12.2 Å². The third-order valence-corrected chi connectivity index (χ3v) is 4.00. The second kappa shape index (κ2) is 7.31. The van der Waals surface area contributed by atoms with Crippen molar-refractivity contribution in [1.29, 1.82) is 0 Å². The zero-order valence-electron chi connectivity index (χ0n) is 14.5. The molecule has 0 aliphatic heterocycles. The van der Waals surface area contributed by atoms with Crippen LogP contribution in [0.5, 0.6) is 0 Å². The number of hydrogen-bond donors (Lipinski definition) is 0. The first-order chi connectivity index (χ1) is 12.5. The van der Waals surface area contributed by atoms with Gasteiger partial charge in [0.25, 0.3) is 5.91 Å². The molecule has 0 N–H and O–H groups in total. The van der Waals surface area contributed by atoms with Gasteiger partial charge in [0.05, 0.1) is 0 Å². The van der Waals surface area contributed by atoms with Crippen molar-refractivity contribution in [3.8, 4) is 5.69 Å². The fourth-order valence-corrected chi connectivity index (χ4v) is 2.67. The number of carbonyl (C=O) groups is 1. The predicted octanol–water partition coefficient (Wildman–Crippen LogP) is 2.95. The third kappa shape index (κ3) is 3.54. The fraction of sp³-hybridized carbons (Fsp3) is 0.150. The summed E-state index contributed by atoms with van der Waals surface area (Å²) in [6, 6.07) is 16.8. The second-order valence-corrected chi connectivity index (χ2v) is 6.01. The highest BCUT2D eigenvalue weighted by atomic mass is 19.1. The van der Waals surface area contributed by atoms with Crippen LogP contribution in [0.2, 0.25) is 0 Å². The van der Waals surface area contributed by atoms with E-state index in [0.717, 1.165) is 5.56 Å². The van der Waals surface area contributed by atoms with Crippen molar-refractivity contribution >= 4 is 5.91 Å². The Morgan fingerprint density at radius 2 is 1.77 bits per heavy atom. The van der Waals surface area contributed by atoms with Gasteiger partial charge in [0.1, 0.15) is 11.5 Å². The standard InChI is InChI=1S/C20H18FN3O2/c1-14-12-18(25)19(22-24(14)17-11-7-6-10-16(17)21)20(26)23(2)13-15-8-4-3-5-9-15/h3-12H,13H2,1-2H3. The van der Waals surface area contributed by atoms with Gasteiger partial charge in [-0.15, -0.1) is 0 Å². The van der Waals surface area contributed by atoms with Gasteiger partial charge >= 0.3 is 0 Å². The maximum Gasteiger partial charge on any atom is 0.278 e. The number of halogens is 1. The average molecular weight is 351 g/mol. The first kappa shape index (κ1) is 17.5. The van der Waals surface area contributed by atoms with Crippen LogP contribution in [0, 0.1) is 12.7 Å². The first-order valence-electron chi connectivity index (χ1n) is 8.12. The summed E-state index contributed by atoms with van der Waals surface area (Å²) in [5.41, 5.74) is 0.842. The van der Waals surface area contributed by atoms with Crippen LogP contribution in [0.4, 0.5) is 4.39 Å². The van der Waals surface area contributed by atoms with Gasteiger partial charge in [0.15, 0.2) is 5.69 Å². The number of carbonyl (C=O) groups excluding carboxylic acids is 1. The highest BCUT2D eigenvalue weighted by Crippen LogP contribution is 2.13. The molecule has 1 amide bonds. The maximum absolute atomic E-state index is 14.1. The molecule has 0 fully saturated rings. The van der Waals surface area contributed by atoms with E-state index in [2.05, 4.69) is 5.10 Å². The Hall–Kier alpha value is -3.28. The molecule has 1 aromatic heterocycles. The molecule has 3 aromatic rings. The SMILES string of the molecule is Cc1cc(=O)c(C(=O)N(C)Cc2ccccc2)nn1-c1ccccc1F. The molecule has 0 bridgehead atoms. The number of aryl methyl sites for hydroxylation is 1. The molecule has 2 aromatic carbocycles. The van der Waals surface area contributed by atoms with E-state index < -0.39 is 17.2 Å². The molecule has 26 heavy (non-hydrogen) atoms. The van der Waals surface area contributed by atoms with E-state index in [-0.39, 0.29) is 11.4 Å². The van der Waals surface area contributed by atoms with Crippen LogP contribution in [0.3, 0.4) is 0 Å². The molecule has 3 rings (SSSR count). The quantitative estimate of drug-likeness (QED) is 0.726. The zero-order valence-corrected chi connectivity index (χ0v) is 14.5. The summed E-state index contributed by atoms with van der Waals surface area (Å²) >= 11 is 0. The van der Waals surface area contributed by atoms with Gasteiger partial charge in [-0.1, -0.05) is 42.5 Å². The molecule has 0 atom stereocenters. The lowest BCUT2D eigenvalue weighted by atomic mass is 10.2. The fourth-order valence-electron chi connectivity index (χ4n) is 2.67. The van der Waals surface area contributed by atoms with E-state index in [1.165, 1.54) is 21.7 Å². The Labute approximate surface area is 150 Å². The average Bonchev–Trinajstić information content (AvgIpc) is 2.63. The normalized spacial score (nSPS) is 10.6. The molecule has 0 saturated heterocycles. The molecule has 5 nitrogen and oxygen atoms in total. The van der Waals surface area contributed by atoms with Gasteiger partial charge in [-0.2, -0.15) is 5.10 Å². The lowest BCUT2D eigenvalue weighted by Crippen LogP contribution is -2.33. The summed E-state index contributed by atoms with van der Waals surface area (Å²) in [5, 5.41) is 4.14. The summed E-state index contributed by atoms with van der Waals surface area (Å²) in [6.45, 7) is 1.98. The lowest BCUT2D eigenvalue weighted by molar-refractivity contribution is 0.0776. The summed E-state index contributed by atoms with van der Waals surface area (Å²) < 4.78 is 15.4. The van der Waals surface area contributed by atoms with Crippen molar-refractivity contribution in [2.75, 3.05) is 7.05 Å². The summed E-state index contributed by atoms with van der Waals surface area (Å²) in [5.74, 6) is -0.994. The number of para-hydroxylation sites is 1. The summed E-state index contributed by atoms with van der Waals surface area (Å²) in [4.78, 5) is 26.4. The number of amides is 1. The number of rotatable bonds is 4. The molecule has 0 spiro atoms. The van der Waals surface area contributed by atoms with E-state index >= 15 is 0 Å². The van der Waals surface area contributed by atoms with E-state index in [1.54, 1.807) is 32.2 Å². The van der Waals surface area contributed by atoms with Crippen LogP contribution < -0.4 is 5.43 Å². The van der Waals surface area contributed by atoms with Crippen LogP contribution in [0.15, 0.2) is 65.5 Å². The van der Waals surface area contributed by atoms with Crippen molar-refractivity contribution in [2.45, 2.75) is 13.5 Å². The van der Waals surface area contributed by atoms with Gasteiger partial charge < -0.3 is 4.90 Å². The third-order valence-electron chi connectivity index (χ3n) is 4.00. The summed E-state index contributed by atoms with van der Waals surface area (Å²) in [6.07, 6.45) is 0. The smallest absolute Gasteiger partial charge is 0.278 e. The van der Waals surface area contributed by atoms with Crippen LogP contribution in [-0.4, -0.2) is 27.6 Å². The lowest BCUT2D eigenvalue weighted by Gasteiger charge is -2.18. The molecule has 6 heteroatoms. The Balaban J connectivity index is 1.97. The summed E-state index contributed by atoms with van der Waals surface area (Å²) in [7, 11) is 1.60. The number of benzene rings is 2. The number of nitrogens with zero attached hydrogens (tertiary/aromatic N) is 3. The maximum atomic E-state index is 14.1. The Morgan fingerprint density at radius 3 is 2.46 bits per heavy atom. The molecule has 0 aliphatic carbocycles. The highest BCUT2D eigenvalue weighted by Gasteiger charge is 2.20. The van der Waals surface area contributed by atoms with Crippen LogP contribution in [0.1, 0.15) is 21.7 Å². The van der Waals surface area contributed by atoms with E-state index in [9.17, 15) is 14.0 Å². The van der Waals surface area contributed by atoms with Crippen molar-refractivity contribution in [1.82, 2.24) is 14.7 Å². The Morgan fingerprint density at radius 1 is 1.12 bits per heavy atom. The minimum Gasteiger partial charge on any atom is -0.336 e. The molecule has 132 valence electrons. The van der Waals surface area contributed by atoms with E-state index in [1.807, 2.05) is 30.3 Å². The molecule has 0 saturated carbocycles. The zero-order chi connectivity index (χ0) is 18.7. The molecule has 0 unspecified atom stereocenters. The van der Waals surface area contributed by atoms with Crippen molar-refractivity contribution < 1.29 is 9.18 Å². The van der Waals surface area contributed by atoms with Crippen LogP contribution in [0.25, 0.3) is 5.69 Å². The van der Waals surface area contributed by atoms with Crippen molar-refractivity contribution in [2.24, 2.45) is 0 Å². The van der Waals surface area contributed by atoms with Crippen molar-refractivity contribution in [3.63, 3.8) is 0 Å². The molecule has 0 aliphatic rings. The minimum atomic E-state index is -0.510. The van der Waals surface area contributed by atoms with Crippen molar-refractivity contribution in [3.05, 3.63) is 93.7 Å². The molecule has 1 heterocycles. The van der Waals surface area contributed by atoms with Gasteiger partial charge in [0.2, 0.25) is 5.43 Å². The number of aromatic nitrogens is 2. The van der Waals surface area contributed by atoms with Crippen LogP contribution >= 0.6 is 0 Å². The van der Waals surface area contributed by atoms with E-state index in [4.69, 9.17) is 0 Å². The van der Waals surface area contributed by atoms with Gasteiger partial charge in [0, 0.05) is 25.4 Å². The molecular weight excluding hydrogens is 333 g/mol. The molecule has 0 radical (unpaired) electrons.